The van der Waals surface area contributed by atoms with E-state index >= 15 is 0 Å². The normalized spacial score (nSPS) is 34.2. The predicted molar refractivity (Wildman–Crippen MR) is 141 cm³/mol. The Morgan fingerprint density at radius 3 is 2.20 bits per heavy atom. The van der Waals surface area contributed by atoms with Crippen molar-refractivity contribution < 1.29 is 79.5 Å². The van der Waals surface area contributed by atoms with Crippen molar-refractivity contribution in [1.82, 2.24) is 0 Å². The number of hydrogen-bond donors (Lipinski definition) is 11. The van der Waals surface area contributed by atoms with Gasteiger partial charge in [0.25, 0.3) is 0 Å². The summed E-state index contributed by atoms with van der Waals surface area (Å²) in [5, 5.41) is 113. The molecule has 2 fully saturated rings. The average Bonchev–Trinajstić information content (AvgIpc) is 2.97. The van der Waals surface area contributed by atoms with Crippen LogP contribution in [0.25, 0.3) is 22.3 Å². The van der Waals surface area contributed by atoms with Crippen molar-refractivity contribution in [1.29, 1.82) is 0 Å². The highest BCUT2D eigenvalue weighted by molar-refractivity contribution is 5.88. The highest BCUT2D eigenvalue weighted by atomic mass is 16.9. The first-order valence-electron chi connectivity index (χ1n) is 13.1. The number of benzene rings is 2. The third-order valence-electron chi connectivity index (χ3n) is 7.40. The van der Waals surface area contributed by atoms with Crippen molar-refractivity contribution in [2.24, 2.45) is 0 Å². The summed E-state index contributed by atoms with van der Waals surface area (Å²) in [6.45, 7) is 0.333. The predicted octanol–water partition coefficient (Wildman–Crippen LogP) is -2.37. The maximum absolute atomic E-state index is 13.9. The van der Waals surface area contributed by atoms with E-state index < -0.39 is 113 Å². The zero-order chi connectivity index (χ0) is 32.2. The molecular formula is C27H30O17. The van der Waals surface area contributed by atoms with Crippen molar-refractivity contribution in [3.05, 3.63) is 40.6 Å². The molecule has 3 heterocycles. The van der Waals surface area contributed by atoms with E-state index in [0.29, 0.717) is 0 Å². The first kappa shape index (κ1) is 31.7. The second-order valence-corrected chi connectivity index (χ2v) is 10.4. The van der Waals surface area contributed by atoms with Crippen LogP contribution in [0.4, 0.5) is 0 Å². The topological polar surface area (TPSA) is 290 Å². The highest BCUT2D eigenvalue weighted by Gasteiger charge is 2.60. The lowest BCUT2D eigenvalue weighted by Gasteiger charge is -2.49. The number of aliphatic hydroxyl groups is 7. The number of aromatic hydroxyl groups is 4. The van der Waals surface area contributed by atoms with Gasteiger partial charge in [0.15, 0.2) is 29.7 Å². The molecule has 0 aliphatic carbocycles. The smallest absolute Gasteiger partial charge is 0.360 e. The second-order valence-electron chi connectivity index (χ2n) is 10.4. The molecule has 10 unspecified atom stereocenters. The van der Waals surface area contributed by atoms with Gasteiger partial charge in [0.05, 0.1) is 12.7 Å². The molecule has 0 amide bonds. The summed E-state index contributed by atoms with van der Waals surface area (Å²) in [5.41, 5.74) is -1.73. The van der Waals surface area contributed by atoms with Crippen LogP contribution in [0.1, 0.15) is 6.92 Å². The molecule has 17 nitrogen and oxygen atoms in total. The number of hydrogen-bond acceptors (Lipinski definition) is 17. The Morgan fingerprint density at radius 2 is 1.55 bits per heavy atom. The van der Waals surface area contributed by atoms with E-state index in [-0.39, 0.29) is 11.1 Å². The van der Waals surface area contributed by atoms with Gasteiger partial charge in [-0.05, 0) is 25.1 Å². The third-order valence-corrected chi connectivity index (χ3v) is 7.40. The molecule has 2 aromatic carbocycles. The van der Waals surface area contributed by atoms with Crippen molar-refractivity contribution in [2.45, 2.75) is 68.0 Å². The van der Waals surface area contributed by atoms with Crippen LogP contribution in [-0.2, 0) is 14.2 Å². The minimum absolute atomic E-state index is 0.154. The largest absolute Gasteiger partial charge is 0.508 e. The Morgan fingerprint density at radius 1 is 0.841 bits per heavy atom. The van der Waals surface area contributed by atoms with Crippen LogP contribution in [0.15, 0.2) is 39.5 Å². The van der Waals surface area contributed by atoms with Crippen molar-refractivity contribution in [3.8, 4) is 40.1 Å². The summed E-state index contributed by atoms with van der Waals surface area (Å²) in [6.07, 6.45) is -17.2. The number of rotatable bonds is 6. The second kappa shape index (κ2) is 11.6. The number of ether oxygens (including phenoxy) is 4. The SMILES string of the molecule is CC1OC(Oc2c(-c3ccc(O)c(O)c3)oc3cc(O)cc(O)c3c2=O)(OC2OC(CO)C(O)C(O)C2O)C(O)C(O)C1O. The molecule has 11 N–H and O–H groups in total. The first-order valence-corrected chi connectivity index (χ1v) is 13.1. The fourth-order valence-electron chi connectivity index (χ4n) is 4.96. The molecule has 10 atom stereocenters. The van der Waals surface area contributed by atoms with Crippen LogP contribution in [0.3, 0.4) is 0 Å². The molecule has 2 aliphatic heterocycles. The molecule has 0 radical (unpaired) electrons. The molecule has 0 bridgehead atoms. The molecule has 2 saturated heterocycles. The molecule has 44 heavy (non-hydrogen) atoms. The zero-order valence-corrected chi connectivity index (χ0v) is 22.7. The Kier molecular flexibility index (Phi) is 8.37. The van der Waals surface area contributed by atoms with E-state index in [1.54, 1.807) is 0 Å². The average molecular weight is 627 g/mol. The molecule has 17 heteroatoms. The minimum Gasteiger partial charge on any atom is -0.508 e. The summed E-state index contributed by atoms with van der Waals surface area (Å²) in [5.74, 6) is -7.12. The van der Waals surface area contributed by atoms with Gasteiger partial charge in [-0.2, -0.15) is 0 Å². The van der Waals surface area contributed by atoms with Gasteiger partial charge < -0.3 is 74.8 Å². The van der Waals surface area contributed by atoms with E-state index in [1.165, 1.54) is 13.0 Å². The maximum Gasteiger partial charge on any atom is 0.360 e. The molecule has 1 aromatic heterocycles. The maximum atomic E-state index is 13.9. The van der Waals surface area contributed by atoms with Crippen molar-refractivity contribution in [2.75, 3.05) is 6.61 Å². The molecule has 5 rings (SSSR count). The third kappa shape index (κ3) is 5.28. The fourth-order valence-corrected chi connectivity index (χ4v) is 4.96. The summed E-state index contributed by atoms with van der Waals surface area (Å²) in [6, 6.07) is 4.91. The summed E-state index contributed by atoms with van der Waals surface area (Å²) in [7, 11) is 0. The van der Waals surface area contributed by atoms with Gasteiger partial charge in [-0.25, -0.2) is 0 Å². The van der Waals surface area contributed by atoms with Crippen LogP contribution in [-0.4, -0.2) is 124 Å². The van der Waals surface area contributed by atoms with Gasteiger partial charge in [0.1, 0.15) is 59.1 Å². The van der Waals surface area contributed by atoms with Gasteiger partial charge in [-0.1, -0.05) is 0 Å². The molecule has 0 saturated carbocycles. The van der Waals surface area contributed by atoms with Gasteiger partial charge in [0, 0.05) is 17.7 Å². The van der Waals surface area contributed by atoms with Gasteiger partial charge in [-0.15, -0.1) is 0 Å². The zero-order valence-electron chi connectivity index (χ0n) is 22.7. The molecule has 240 valence electrons. The molecule has 0 spiro atoms. The first-order chi connectivity index (χ1) is 20.7. The highest BCUT2D eigenvalue weighted by Crippen LogP contribution is 2.42. The van der Waals surface area contributed by atoms with Gasteiger partial charge >= 0.3 is 5.97 Å². The van der Waals surface area contributed by atoms with E-state index in [0.717, 1.165) is 24.3 Å². The summed E-state index contributed by atoms with van der Waals surface area (Å²) >= 11 is 0. The van der Waals surface area contributed by atoms with E-state index in [9.17, 15) is 61.0 Å². The number of phenols is 4. The Labute approximate surface area is 246 Å². The Bertz CT molecular complexity index is 1590. The molecular weight excluding hydrogens is 596 g/mol. The van der Waals surface area contributed by atoms with E-state index in [4.69, 9.17) is 23.4 Å². The van der Waals surface area contributed by atoms with E-state index in [1.807, 2.05) is 0 Å². The lowest BCUT2D eigenvalue weighted by molar-refractivity contribution is -0.475. The quantitative estimate of drug-likeness (QED) is 0.101. The number of phenolic OH excluding ortho intramolecular Hbond substituents is 4. The summed E-state index contributed by atoms with van der Waals surface area (Å²) < 4.78 is 28.2. The van der Waals surface area contributed by atoms with Crippen LogP contribution < -0.4 is 10.2 Å². The standard InChI is InChI=1S/C27H30O17/c1-8-17(33)21(37)25(39)27(42-8,44-26-22(38)20(36)18(34)15(7-28)41-26)43-24-19(35)16-13(32)5-10(29)6-14(16)40-23(24)9-2-3-11(30)12(31)4-9/h2-6,8,15,17-18,20-22,25-26,28-34,36-39H,7H2,1H3. The van der Waals surface area contributed by atoms with Crippen LogP contribution in [0.5, 0.6) is 28.7 Å². The Balaban J connectivity index is 1.72. The lowest BCUT2D eigenvalue weighted by Crippen LogP contribution is -2.70. The van der Waals surface area contributed by atoms with Gasteiger partial charge in [0.2, 0.25) is 11.2 Å². The van der Waals surface area contributed by atoms with E-state index in [2.05, 4.69) is 0 Å². The monoisotopic (exact) mass is 626 g/mol. The fraction of sp³-hybridized carbons (Fsp3) is 0.444. The van der Waals surface area contributed by atoms with Crippen LogP contribution in [0.2, 0.25) is 0 Å². The number of aliphatic hydroxyl groups excluding tert-OH is 7. The number of fused-ring (bicyclic) bond motifs is 1. The van der Waals surface area contributed by atoms with Crippen LogP contribution >= 0.6 is 0 Å². The minimum atomic E-state index is -3.10. The van der Waals surface area contributed by atoms with Crippen LogP contribution in [0, 0.1) is 0 Å². The summed E-state index contributed by atoms with van der Waals surface area (Å²) in [4.78, 5) is 13.9. The lowest BCUT2D eigenvalue weighted by atomic mass is 9.97. The van der Waals surface area contributed by atoms with Gasteiger partial charge in [-0.3, -0.25) is 9.53 Å². The Hall–Kier alpha value is -3.75. The van der Waals surface area contributed by atoms with Crippen molar-refractivity contribution in [3.63, 3.8) is 0 Å². The molecule has 2 aliphatic rings. The molecule has 3 aromatic rings. The van der Waals surface area contributed by atoms with Crippen molar-refractivity contribution >= 4 is 11.0 Å².